The average Bonchev–Trinajstić information content (AvgIpc) is 3.46. The van der Waals surface area contributed by atoms with Gasteiger partial charge in [-0.3, -0.25) is 14.5 Å². The van der Waals surface area contributed by atoms with E-state index in [1.54, 1.807) is 23.7 Å². The monoisotopic (exact) mass is 418 g/mol. The number of rotatable bonds is 3. The predicted molar refractivity (Wildman–Crippen MR) is 114 cm³/mol. The molecule has 0 radical (unpaired) electrons. The van der Waals surface area contributed by atoms with Gasteiger partial charge < -0.3 is 9.84 Å². The van der Waals surface area contributed by atoms with Gasteiger partial charge in [-0.1, -0.05) is 30.3 Å². The summed E-state index contributed by atoms with van der Waals surface area (Å²) >= 11 is 1.27. The van der Waals surface area contributed by atoms with E-state index < -0.39 is 17.7 Å². The standard InChI is InChI=1S/C23H18N2O4S/c1-13-11-16-12-15(7-8-17(16)29-13)20(26)18-19(14-5-3-2-4-6-14)25(22(28)21(18)27)23-24-9-10-30-23/h2-10,12-13,19,26H,11H2,1H3/b20-18-. The molecule has 1 saturated heterocycles. The first-order chi connectivity index (χ1) is 14.5. The number of benzene rings is 2. The van der Waals surface area contributed by atoms with Crippen molar-refractivity contribution >= 4 is 33.9 Å². The molecule has 30 heavy (non-hydrogen) atoms. The first-order valence-electron chi connectivity index (χ1n) is 9.60. The van der Waals surface area contributed by atoms with Gasteiger partial charge in [0.25, 0.3) is 5.78 Å². The highest BCUT2D eigenvalue weighted by molar-refractivity contribution is 7.14. The van der Waals surface area contributed by atoms with Gasteiger partial charge in [0.1, 0.15) is 17.6 Å². The Morgan fingerprint density at radius 2 is 2.00 bits per heavy atom. The Balaban J connectivity index is 1.68. The molecule has 2 atom stereocenters. The van der Waals surface area contributed by atoms with E-state index in [2.05, 4.69) is 4.98 Å². The second-order valence-electron chi connectivity index (χ2n) is 7.35. The summed E-state index contributed by atoms with van der Waals surface area (Å²) in [6.07, 6.45) is 2.38. The van der Waals surface area contributed by atoms with Crippen LogP contribution in [0.15, 0.2) is 65.7 Å². The first-order valence-corrected chi connectivity index (χ1v) is 10.5. The highest BCUT2D eigenvalue weighted by atomic mass is 32.1. The Bertz CT molecular complexity index is 1170. The van der Waals surface area contributed by atoms with Crippen molar-refractivity contribution in [1.82, 2.24) is 4.98 Å². The minimum absolute atomic E-state index is 0.0633. The van der Waals surface area contributed by atoms with Crippen LogP contribution < -0.4 is 9.64 Å². The predicted octanol–water partition coefficient (Wildman–Crippen LogP) is 4.09. The van der Waals surface area contributed by atoms with Gasteiger partial charge in [-0.2, -0.15) is 0 Å². The Morgan fingerprint density at radius 3 is 2.73 bits per heavy atom. The molecule has 1 fully saturated rings. The Kier molecular flexibility index (Phi) is 4.40. The summed E-state index contributed by atoms with van der Waals surface area (Å²) in [5.41, 5.74) is 2.25. The SMILES string of the molecule is CC1Cc2cc(/C(O)=C3/C(=O)C(=O)N(c4nccs4)C3c3ccccc3)ccc2O1. The molecule has 1 N–H and O–H groups in total. The van der Waals surface area contributed by atoms with Crippen molar-refractivity contribution in [2.75, 3.05) is 4.90 Å². The van der Waals surface area contributed by atoms with Crippen LogP contribution >= 0.6 is 11.3 Å². The van der Waals surface area contributed by atoms with Crippen molar-refractivity contribution in [2.45, 2.75) is 25.5 Å². The van der Waals surface area contributed by atoms with Gasteiger partial charge in [-0.25, -0.2) is 4.98 Å². The van der Waals surface area contributed by atoms with Crippen molar-refractivity contribution in [3.63, 3.8) is 0 Å². The van der Waals surface area contributed by atoms with E-state index in [0.29, 0.717) is 10.7 Å². The summed E-state index contributed by atoms with van der Waals surface area (Å²) in [7, 11) is 0. The lowest BCUT2D eigenvalue weighted by Gasteiger charge is -2.22. The number of aromatic nitrogens is 1. The number of ketones is 1. The summed E-state index contributed by atoms with van der Waals surface area (Å²) < 4.78 is 5.73. The lowest BCUT2D eigenvalue weighted by atomic mass is 9.94. The summed E-state index contributed by atoms with van der Waals surface area (Å²) in [6.45, 7) is 1.98. The number of carbonyl (C=O) groups is 2. The molecule has 6 nitrogen and oxygen atoms in total. The van der Waals surface area contributed by atoms with Gasteiger partial charge in [0, 0.05) is 23.6 Å². The van der Waals surface area contributed by atoms with E-state index in [4.69, 9.17) is 4.74 Å². The maximum atomic E-state index is 13.0. The molecule has 3 heterocycles. The first kappa shape index (κ1) is 18.6. The van der Waals surface area contributed by atoms with Crippen LogP contribution in [0.3, 0.4) is 0 Å². The molecule has 2 aromatic carbocycles. The molecule has 1 aromatic heterocycles. The van der Waals surface area contributed by atoms with Crippen molar-refractivity contribution in [3.8, 4) is 5.75 Å². The number of anilines is 1. The van der Waals surface area contributed by atoms with Crippen molar-refractivity contribution < 1.29 is 19.4 Å². The van der Waals surface area contributed by atoms with Crippen LogP contribution in [-0.2, 0) is 16.0 Å². The zero-order valence-corrected chi connectivity index (χ0v) is 16.9. The molecule has 0 saturated carbocycles. The van der Waals surface area contributed by atoms with E-state index >= 15 is 0 Å². The van der Waals surface area contributed by atoms with Gasteiger partial charge in [0.05, 0.1) is 11.6 Å². The van der Waals surface area contributed by atoms with Crippen LogP contribution in [0.25, 0.3) is 5.76 Å². The van der Waals surface area contributed by atoms with Crippen molar-refractivity contribution in [3.05, 3.63) is 82.4 Å². The number of ether oxygens (including phenoxy) is 1. The number of nitrogens with zero attached hydrogens (tertiary/aromatic N) is 2. The number of thiazole rings is 1. The highest BCUT2D eigenvalue weighted by Crippen LogP contribution is 2.43. The normalized spacial score (nSPS) is 22.2. The minimum atomic E-state index is -0.749. The number of aliphatic hydroxyl groups excluding tert-OH is 1. The Labute approximate surface area is 177 Å². The van der Waals surface area contributed by atoms with Gasteiger partial charge >= 0.3 is 5.91 Å². The number of amides is 1. The van der Waals surface area contributed by atoms with Crippen LogP contribution in [0.4, 0.5) is 5.13 Å². The maximum Gasteiger partial charge on any atom is 0.301 e. The Morgan fingerprint density at radius 1 is 1.20 bits per heavy atom. The van der Waals surface area contributed by atoms with Gasteiger partial charge in [-0.05, 0) is 36.2 Å². The van der Waals surface area contributed by atoms with Crippen LogP contribution in [0.1, 0.15) is 29.7 Å². The fraction of sp³-hybridized carbons (Fsp3) is 0.174. The third kappa shape index (κ3) is 2.90. The third-order valence-electron chi connectivity index (χ3n) is 5.35. The number of carbonyl (C=O) groups excluding carboxylic acids is 2. The smallest absolute Gasteiger partial charge is 0.301 e. The molecule has 1 amide bonds. The average molecular weight is 418 g/mol. The van der Waals surface area contributed by atoms with E-state index in [1.807, 2.05) is 43.3 Å². The van der Waals surface area contributed by atoms with Crippen LogP contribution in [0.5, 0.6) is 5.75 Å². The number of hydrogen-bond acceptors (Lipinski definition) is 6. The minimum Gasteiger partial charge on any atom is -0.507 e. The molecular weight excluding hydrogens is 400 g/mol. The zero-order valence-electron chi connectivity index (χ0n) is 16.1. The van der Waals surface area contributed by atoms with Gasteiger partial charge in [-0.15, -0.1) is 11.3 Å². The third-order valence-corrected chi connectivity index (χ3v) is 6.13. The fourth-order valence-corrected chi connectivity index (χ4v) is 4.71. The molecule has 3 aromatic rings. The van der Waals surface area contributed by atoms with Crippen LogP contribution in [-0.4, -0.2) is 27.9 Å². The molecule has 5 rings (SSSR count). The van der Waals surface area contributed by atoms with E-state index in [1.165, 1.54) is 16.2 Å². The van der Waals surface area contributed by atoms with E-state index in [0.717, 1.165) is 23.3 Å². The topological polar surface area (TPSA) is 79.7 Å². The molecular formula is C23H18N2O4S. The second kappa shape index (κ2) is 7.11. The van der Waals surface area contributed by atoms with Crippen LogP contribution in [0, 0.1) is 0 Å². The van der Waals surface area contributed by atoms with Crippen molar-refractivity contribution in [1.29, 1.82) is 0 Å². The fourth-order valence-electron chi connectivity index (χ4n) is 4.04. The molecule has 0 bridgehead atoms. The van der Waals surface area contributed by atoms with Crippen LogP contribution in [0.2, 0.25) is 0 Å². The Hall–Kier alpha value is -3.45. The number of Topliss-reactive ketones (excluding diaryl/α,β-unsaturated/α-hetero) is 1. The van der Waals surface area contributed by atoms with Gasteiger partial charge in [0.2, 0.25) is 0 Å². The largest absolute Gasteiger partial charge is 0.507 e. The lowest BCUT2D eigenvalue weighted by molar-refractivity contribution is -0.132. The zero-order chi connectivity index (χ0) is 20.8. The number of aliphatic hydroxyl groups is 1. The molecule has 2 aliphatic rings. The highest BCUT2D eigenvalue weighted by Gasteiger charge is 2.48. The summed E-state index contributed by atoms with van der Waals surface area (Å²) in [5.74, 6) is -0.828. The second-order valence-corrected chi connectivity index (χ2v) is 8.22. The molecule has 7 heteroatoms. The summed E-state index contributed by atoms with van der Waals surface area (Å²) in [4.78, 5) is 31.6. The molecule has 0 spiro atoms. The van der Waals surface area contributed by atoms with E-state index in [-0.39, 0.29) is 17.4 Å². The molecule has 150 valence electrons. The number of hydrogen-bond donors (Lipinski definition) is 1. The number of fused-ring (bicyclic) bond motifs is 1. The van der Waals surface area contributed by atoms with Gasteiger partial charge in [0.15, 0.2) is 5.13 Å². The maximum absolute atomic E-state index is 13.0. The quantitative estimate of drug-likeness (QED) is 0.394. The summed E-state index contributed by atoms with van der Waals surface area (Å²) in [5, 5.41) is 13.3. The molecule has 2 unspecified atom stereocenters. The van der Waals surface area contributed by atoms with Crippen molar-refractivity contribution in [2.24, 2.45) is 0 Å². The van der Waals surface area contributed by atoms with E-state index in [9.17, 15) is 14.7 Å². The molecule has 0 aliphatic carbocycles. The summed E-state index contributed by atoms with van der Waals surface area (Å²) in [6, 6.07) is 13.8. The molecule has 2 aliphatic heterocycles. The lowest BCUT2D eigenvalue weighted by Crippen LogP contribution is -2.29.